The van der Waals surface area contributed by atoms with Crippen LogP contribution < -0.4 is 11.1 Å². The van der Waals surface area contributed by atoms with Crippen molar-refractivity contribution in [1.29, 1.82) is 0 Å². The molecule has 21 heavy (non-hydrogen) atoms. The lowest BCUT2D eigenvalue weighted by Gasteiger charge is -2.15. The summed E-state index contributed by atoms with van der Waals surface area (Å²) in [4.78, 5) is 12.2. The maximum absolute atomic E-state index is 13.6. The van der Waals surface area contributed by atoms with Crippen molar-refractivity contribution in [3.8, 4) is 0 Å². The van der Waals surface area contributed by atoms with Crippen LogP contribution in [-0.2, 0) is 0 Å². The van der Waals surface area contributed by atoms with Crippen LogP contribution in [0.3, 0.4) is 0 Å². The molecule has 1 unspecified atom stereocenters. The first-order valence-corrected chi connectivity index (χ1v) is 7.29. The van der Waals surface area contributed by atoms with Crippen molar-refractivity contribution in [2.45, 2.75) is 19.9 Å². The van der Waals surface area contributed by atoms with Crippen molar-refractivity contribution in [3.63, 3.8) is 0 Å². The molecule has 110 valence electrons. The van der Waals surface area contributed by atoms with Crippen molar-refractivity contribution in [1.82, 2.24) is 5.32 Å². The van der Waals surface area contributed by atoms with E-state index < -0.39 is 0 Å². The molecule has 1 atom stereocenters. The van der Waals surface area contributed by atoms with Crippen LogP contribution in [-0.4, -0.2) is 5.91 Å². The van der Waals surface area contributed by atoms with E-state index in [1.54, 1.807) is 31.2 Å². The first-order valence-electron chi connectivity index (χ1n) is 6.50. The van der Waals surface area contributed by atoms with Crippen molar-refractivity contribution in [2.75, 3.05) is 5.73 Å². The Morgan fingerprint density at radius 2 is 2.00 bits per heavy atom. The van der Waals surface area contributed by atoms with Gasteiger partial charge in [-0.25, -0.2) is 4.39 Å². The zero-order valence-corrected chi connectivity index (χ0v) is 13.4. The normalized spacial score (nSPS) is 12.0. The topological polar surface area (TPSA) is 55.1 Å². The number of hydrogen-bond donors (Lipinski definition) is 2. The van der Waals surface area contributed by atoms with Gasteiger partial charge in [-0.3, -0.25) is 4.79 Å². The molecular formula is C16H16BrFN2O. The van der Waals surface area contributed by atoms with Crippen LogP contribution in [0.1, 0.15) is 34.5 Å². The van der Waals surface area contributed by atoms with Crippen molar-refractivity contribution >= 4 is 27.5 Å². The van der Waals surface area contributed by atoms with Crippen LogP contribution in [0.5, 0.6) is 0 Å². The fraction of sp³-hybridized carbons (Fsp3) is 0.188. The molecule has 5 heteroatoms. The number of nitrogen functional groups attached to an aromatic ring is 1. The van der Waals surface area contributed by atoms with E-state index in [0.29, 0.717) is 21.3 Å². The predicted octanol–water partition coefficient (Wildman–Crippen LogP) is 3.97. The van der Waals surface area contributed by atoms with E-state index >= 15 is 0 Å². The summed E-state index contributed by atoms with van der Waals surface area (Å²) in [7, 11) is 0. The third-order valence-electron chi connectivity index (χ3n) is 3.31. The summed E-state index contributed by atoms with van der Waals surface area (Å²) in [5.41, 5.74) is 8.06. The summed E-state index contributed by atoms with van der Waals surface area (Å²) < 4.78 is 14.2. The second-order valence-electron chi connectivity index (χ2n) is 4.94. The molecule has 3 nitrogen and oxygen atoms in total. The average molecular weight is 351 g/mol. The van der Waals surface area contributed by atoms with E-state index in [1.807, 2.05) is 13.0 Å². The van der Waals surface area contributed by atoms with Gasteiger partial charge in [0.1, 0.15) is 5.82 Å². The van der Waals surface area contributed by atoms with E-state index in [9.17, 15) is 9.18 Å². The standard InChI is InChI=1S/C16H16BrFN2O/c1-9-3-4-11(8-14(9)18)10(2)20-16(21)12-5-6-15(19)13(17)7-12/h3-8,10H,19H2,1-2H3,(H,20,21). The largest absolute Gasteiger partial charge is 0.398 e. The average Bonchev–Trinajstić information content (AvgIpc) is 2.44. The van der Waals surface area contributed by atoms with Crippen LogP contribution in [0.15, 0.2) is 40.9 Å². The van der Waals surface area contributed by atoms with E-state index in [4.69, 9.17) is 5.73 Å². The molecule has 0 radical (unpaired) electrons. The molecule has 2 rings (SSSR count). The minimum absolute atomic E-state index is 0.232. The molecule has 0 aromatic heterocycles. The SMILES string of the molecule is Cc1ccc(C(C)NC(=O)c2ccc(N)c(Br)c2)cc1F. The van der Waals surface area contributed by atoms with Gasteiger partial charge in [0.15, 0.2) is 0 Å². The number of halogens is 2. The van der Waals surface area contributed by atoms with Gasteiger partial charge in [0.05, 0.1) is 6.04 Å². The third kappa shape index (κ3) is 3.61. The Labute approximate surface area is 131 Å². The van der Waals surface area contributed by atoms with E-state index in [0.717, 1.165) is 5.56 Å². The smallest absolute Gasteiger partial charge is 0.251 e. The number of amides is 1. The monoisotopic (exact) mass is 350 g/mol. The number of nitrogens with two attached hydrogens (primary N) is 1. The number of nitrogens with one attached hydrogen (secondary N) is 1. The van der Waals surface area contributed by atoms with Gasteiger partial charge in [-0.1, -0.05) is 12.1 Å². The first-order chi connectivity index (χ1) is 9.88. The molecule has 3 N–H and O–H groups in total. The van der Waals surface area contributed by atoms with Gasteiger partial charge in [0.25, 0.3) is 5.91 Å². The molecule has 2 aromatic carbocycles. The summed E-state index contributed by atoms with van der Waals surface area (Å²) in [6.07, 6.45) is 0. The molecule has 0 heterocycles. The molecule has 0 fully saturated rings. The van der Waals surface area contributed by atoms with Crippen molar-refractivity contribution in [2.24, 2.45) is 0 Å². The number of rotatable bonds is 3. The molecule has 0 aliphatic heterocycles. The van der Waals surface area contributed by atoms with Gasteiger partial charge >= 0.3 is 0 Å². The van der Waals surface area contributed by atoms with Crippen LogP contribution in [0, 0.1) is 12.7 Å². The maximum atomic E-state index is 13.6. The fourth-order valence-corrected chi connectivity index (χ4v) is 2.29. The van der Waals surface area contributed by atoms with E-state index in [1.165, 1.54) is 6.07 Å². The zero-order valence-electron chi connectivity index (χ0n) is 11.8. The van der Waals surface area contributed by atoms with Gasteiger partial charge in [-0.2, -0.15) is 0 Å². The number of carbonyl (C=O) groups is 1. The summed E-state index contributed by atoms with van der Waals surface area (Å²) in [5, 5.41) is 2.84. The summed E-state index contributed by atoms with van der Waals surface area (Å²) in [6.45, 7) is 3.52. The zero-order chi connectivity index (χ0) is 15.6. The third-order valence-corrected chi connectivity index (χ3v) is 3.99. The highest BCUT2D eigenvalue weighted by Gasteiger charge is 2.13. The molecule has 0 bridgehead atoms. The van der Waals surface area contributed by atoms with Crippen LogP contribution in [0.4, 0.5) is 10.1 Å². The molecule has 0 saturated carbocycles. The van der Waals surface area contributed by atoms with Crippen LogP contribution in [0.25, 0.3) is 0 Å². The highest BCUT2D eigenvalue weighted by atomic mass is 79.9. The lowest BCUT2D eigenvalue weighted by molar-refractivity contribution is 0.0940. The second kappa shape index (κ2) is 6.26. The quantitative estimate of drug-likeness (QED) is 0.823. The summed E-state index contributed by atoms with van der Waals surface area (Å²) >= 11 is 3.29. The lowest BCUT2D eigenvalue weighted by Crippen LogP contribution is -2.26. The van der Waals surface area contributed by atoms with E-state index in [2.05, 4.69) is 21.2 Å². The highest BCUT2D eigenvalue weighted by molar-refractivity contribution is 9.10. The molecular weight excluding hydrogens is 335 g/mol. The van der Waals surface area contributed by atoms with Gasteiger partial charge in [0.2, 0.25) is 0 Å². The predicted molar refractivity (Wildman–Crippen MR) is 85.6 cm³/mol. The molecule has 0 aliphatic carbocycles. The van der Waals surface area contributed by atoms with E-state index in [-0.39, 0.29) is 17.8 Å². The highest BCUT2D eigenvalue weighted by Crippen LogP contribution is 2.21. The minimum Gasteiger partial charge on any atom is -0.398 e. The Hall–Kier alpha value is -1.88. The Morgan fingerprint density at radius 1 is 1.29 bits per heavy atom. The summed E-state index contributed by atoms with van der Waals surface area (Å²) in [5.74, 6) is -0.506. The Morgan fingerprint density at radius 3 is 2.62 bits per heavy atom. The summed E-state index contributed by atoms with van der Waals surface area (Å²) in [6, 6.07) is 9.64. The Kier molecular flexibility index (Phi) is 4.63. The van der Waals surface area contributed by atoms with Gasteiger partial charge in [-0.15, -0.1) is 0 Å². The number of benzene rings is 2. The number of aryl methyl sites for hydroxylation is 1. The van der Waals surface area contributed by atoms with Gasteiger partial charge < -0.3 is 11.1 Å². The number of hydrogen-bond acceptors (Lipinski definition) is 2. The maximum Gasteiger partial charge on any atom is 0.251 e. The molecule has 0 saturated heterocycles. The fourth-order valence-electron chi connectivity index (χ4n) is 1.91. The molecule has 1 amide bonds. The lowest BCUT2D eigenvalue weighted by atomic mass is 10.1. The number of anilines is 1. The van der Waals surface area contributed by atoms with Gasteiger partial charge in [-0.05, 0) is 65.2 Å². The van der Waals surface area contributed by atoms with Crippen molar-refractivity contribution < 1.29 is 9.18 Å². The van der Waals surface area contributed by atoms with Crippen LogP contribution in [0.2, 0.25) is 0 Å². The van der Waals surface area contributed by atoms with Crippen LogP contribution >= 0.6 is 15.9 Å². The Balaban J connectivity index is 2.14. The molecule has 0 aliphatic rings. The number of carbonyl (C=O) groups excluding carboxylic acids is 1. The van der Waals surface area contributed by atoms with Gasteiger partial charge in [0, 0.05) is 15.7 Å². The Bertz CT molecular complexity index is 688. The minimum atomic E-state index is -0.288. The molecule has 0 spiro atoms. The second-order valence-corrected chi connectivity index (χ2v) is 5.79. The first kappa shape index (κ1) is 15.5. The van der Waals surface area contributed by atoms with Crippen molar-refractivity contribution in [3.05, 3.63) is 63.4 Å². The molecule has 2 aromatic rings.